The van der Waals surface area contributed by atoms with Gasteiger partial charge in [0, 0.05) is 21.9 Å². The fourth-order valence-corrected chi connectivity index (χ4v) is 5.55. The molecule has 1 aliphatic heterocycles. The lowest BCUT2D eigenvalue weighted by molar-refractivity contribution is -0.140. The molecular formula is C28H52N2O2. The Balaban J connectivity index is 3.25. The Morgan fingerprint density at radius 3 is 1.78 bits per heavy atom. The van der Waals surface area contributed by atoms with Crippen molar-refractivity contribution >= 4 is 11.6 Å². The van der Waals surface area contributed by atoms with Crippen LogP contribution in [0, 0.1) is 10.8 Å². The number of hydrogen-bond acceptors (Lipinski definition) is 4. The highest BCUT2D eigenvalue weighted by atomic mass is 16.1. The first kappa shape index (κ1) is 29.0. The van der Waals surface area contributed by atoms with Crippen molar-refractivity contribution in [3.8, 4) is 0 Å². The normalized spacial score (nSPS) is 23.5. The van der Waals surface area contributed by atoms with E-state index < -0.39 is 21.9 Å². The van der Waals surface area contributed by atoms with Crippen LogP contribution < -0.4 is 5.32 Å². The predicted octanol–water partition coefficient (Wildman–Crippen LogP) is 6.33. The quantitative estimate of drug-likeness (QED) is 0.462. The maximum Gasteiger partial charge on any atom is 0.158 e. The first-order valence-electron chi connectivity index (χ1n) is 12.4. The summed E-state index contributed by atoms with van der Waals surface area (Å²) in [6, 6.07) is 0. The van der Waals surface area contributed by atoms with Gasteiger partial charge in [0.15, 0.2) is 11.6 Å². The molecule has 0 bridgehead atoms. The van der Waals surface area contributed by atoms with Gasteiger partial charge in [-0.15, -0.1) is 0 Å². The van der Waals surface area contributed by atoms with E-state index in [1.165, 1.54) is 0 Å². The van der Waals surface area contributed by atoms with Crippen molar-refractivity contribution in [2.24, 2.45) is 10.8 Å². The summed E-state index contributed by atoms with van der Waals surface area (Å²) < 4.78 is 0. The molecule has 0 amide bonds. The lowest BCUT2D eigenvalue weighted by Crippen LogP contribution is -2.60. The van der Waals surface area contributed by atoms with E-state index in [2.05, 4.69) is 63.9 Å². The molecule has 1 rings (SSSR count). The van der Waals surface area contributed by atoms with Gasteiger partial charge in [-0.05, 0) is 80.7 Å². The number of hydrogen-bond donors (Lipinski definition) is 1. The molecular weight excluding hydrogens is 396 g/mol. The van der Waals surface area contributed by atoms with E-state index in [1.54, 1.807) is 0 Å². The largest absolute Gasteiger partial charge is 0.300 e. The minimum atomic E-state index is -0.659. The molecule has 0 spiro atoms. The third-order valence-corrected chi connectivity index (χ3v) is 6.38. The predicted molar refractivity (Wildman–Crippen MR) is 137 cm³/mol. The summed E-state index contributed by atoms with van der Waals surface area (Å²) in [7, 11) is 0. The number of Topliss-reactive ketones (excluding diaryl/α,β-unsaturated/α-hetero) is 2. The van der Waals surface area contributed by atoms with Gasteiger partial charge in [-0.3, -0.25) is 14.5 Å². The minimum absolute atomic E-state index is 0.0737. The van der Waals surface area contributed by atoms with E-state index in [9.17, 15) is 9.59 Å². The first-order valence-corrected chi connectivity index (χ1v) is 12.4. The molecule has 0 radical (unpaired) electrons. The Morgan fingerprint density at radius 2 is 1.38 bits per heavy atom. The highest BCUT2D eigenvalue weighted by molar-refractivity contribution is 5.93. The zero-order valence-electron chi connectivity index (χ0n) is 23.5. The Bertz CT molecular complexity index is 710. The van der Waals surface area contributed by atoms with E-state index in [-0.39, 0.29) is 16.9 Å². The molecule has 0 aliphatic carbocycles. The molecule has 0 saturated carbocycles. The third-order valence-electron chi connectivity index (χ3n) is 6.38. The van der Waals surface area contributed by atoms with Gasteiger partial charge >= 0.3 is 0 Å². The topological polar surface area (TPSA) is 49.4 Å². The van der Waals surface area contributed by atoms with E-state index in [0.717, 1.165) is 19.4 Å². The fourth-order valence-electron chi connectivity index (χ4n) is 5.55. The van der Waals surface area contributed by atoms with E-state index in [1.807, 2.05) is 48.5 Å². The van der Waals surface area contributed by atoms with Gasteiger partial charge in [0.25, 0.3) is 0 Å². The van der Waals surface area contributed by atoms with Gasteiger partial charge in [0.05, 0.1) is 11.1 Å². The third kappa shape index (κ3) is 7.00. The Hall–Kier alpha value is -1.00. The summed E-state index contributed by atoms with van der Waals surface area (Å²) >= 11 is 0. The monoisotopic (exact) mass is 448 g/mol. The van der Waals surface area contributed by atoms with Crippen molar-refractivity contribution < 1.29 is 9.59 Å². The highest BCUT2D eigenvalue weighted by Gasteiger charge is 2.52. The number of likely N-dealkylation sites (tertiary alicyclic amines) is 1. The van der Waals surface area contributed by atoms with Gasteiger partial charge in [0.1, 0.15) is 0 Å². The lowest BCUT2D eigenvalue weighted by atomic mass is 9.73. The van der Waals surface area contributed by atoms with Crippen molar-refractivity contribution in [3.05, 3.63) is 12.2 Å². The van der Waals surface area contributed by atoms with Crippen LogP contribution in [0.5, 0.6) is 0 Å². The van der Waals surface area contributed by atoms with Crippen molar-refractivity contribution in [2.45, 2.75) is 138 Å². The van der Waals surface area contributed by atoms with Crippen LogP contribution in [-0.2, 0) is 9.59 Å². The first-order chi connectivity index (χ1) is 14.1. The van der Waals surface area contributed by atoms with Crippen LogP contribution in [-0.4, -0.2) is 45.2 Å². The van der Waals surface area contributed by atoms with Gasteiger partial charge in [-0.25, -0.2) is 0 Å². The standard InChI is InChI=1S/C28H52N2O2/c1-23(2,3)21(31)27(13,29-25(7,8)9)17-14-15-18-28(22(32)24(4,5)6)19-16-20-30(28)26(10,11)12/h14-15,29H,16-20H2,1-13H3/b15-14+/t27-,28-/m0/s1. The molecule has 1 aliphatic rings. The minimum Gasteiger partial charge on any atom is -0.300 e. The smallest absolute Gasteiger partial charge is 0.158 e. The average molecular weight is 449 g/mol. The van der Waals surface area contributed by atoms with Crippen molar-refractivity contribution in [3.63, 3.8) is 0 Å². The summed E-state index contributed by atoms with van der Waals surface area (Å²) in [5.74, 6) is 0.533. The van der Waals surface area contributed by atoms with Gasteiger partial charge < -0.3 is 5.32 Å². The van der Waals surface area contributed by atoms with Crippen molar-refractivity contribution in [1.29, 1.82) is 0 Å². The van der Waals surface area contributed by atoms with Crippen LogP contribution in [0.25, 0.3) is 0 Å². The maximum atomic E-state index is 13.7. The van der Waals surface area contributed by atoms with Crippen molar-refractivity contribution in [1.82, 2.24) is 10.2 Å². The zero-order chi connectivity index (χ0) is 25.4. The highest BCUT2D eigenvalue weighted by Crippen LogP contribution is 2.43. The molecule has 1 heterocycles. The summed E-state index contributed by atoms with van der Waals surface area (Å²) in [4.78, 5) is 29.5. The van der Waals surface area contributed by atoms with Gasteiger partial charge in [-0.2, -0.15) is 0 Å². The molecule has 4 heteroatoms. The second kappa shape index (κ2) is 9.33. The Labute approximate surface area is 199 Å². The second-order valence-electron chi connectivity index (χ2n) is 14.2. The Morgan fingerprint density at radius 1 is 0.844 bits per heavy atom. The number of nitrogens with one attached hydrogen (secondary N) is 1. The average Bonchev–Trinajstić information content (AvgIpc) is 2.99. The number of rotatable bonds is 7. The molecule has 4 nitrogen and oxygen atoms in total. The number of carbonyl (C=O) groups is 2. The molecule has 0 unspecified atom stereocenters. The van der Waals surface area contributed by atoms with E-state index >= 15 is 0 Å². The molecule has 0 aromatic carbocycles. The van der Waals surface area contributed by atoms with Gasteiger partial charge in [0.2, 0.25) is 0 Å². The molecule has 1 saturated heterocycles. The second-order valence-corrected chi connectivity index (χ2v) is 14.2. The Kier molecular flexibility index (Phi) is 8.47. The summed E-state index contributed by atoms with van der Waals surface area (Å²) in [6.45, 7) is 27.9. The molecule has 186 valence electrons. The fraction of sp³-hybridized carbons (Fsp3) is 0.857. The molecule has 1 N–H and O–H groups in total. The molecule has 0 aromatic heterocycles. The van der Waals surface area contributed by atoms with Gasteiger partial charge in [-0.1, -0.05) is 53.7 Å². The zero-order valence-corrected chi connectivity index (χ0v) is 23.5. The van der Waals surface area contributed by atoms with E-state index in [0.29, 0.717) is 18.6 Å². The summed E-state index contributed by atoms with van der Waals surface area (Å²) in [6.07, 6.45) is 7.51. The molecule has 1 fully saturated rings. The summed E-state index contributed by atoms with van der Waals surface area (Å²) in [5.41, 5.74) is -2.22. The number of carbonyl (C=O) groups excluding carboxylic acids is 2. The molecule has 0 aromatic rings. The van der Waals surface area contributed by atoms with Crippen LogP contribution in [0.4, 0.5) is 0 Å². The molecule has 2 atom stereocenters. The SMILES string of the molecule is CC(C)(C)N[C@@](C)(C/C=C/C[C@@]1(C(=O)C(C)(C)C)CCCN1C(C)(C)C)C(=O)C(C)(C)C. The van der Waals surface area contributed by atoms with Crippen LogP contribution in [0.1, 0.15) is 116 Å². The molecule has 32 heavy (non-hydrogen) atoms. The lowest BCUT2D eigenvalue weighted by Gasteiger charge is -2.47. The van der Waals surface area contributed by atoms with Crippen molar-refractivity contribution in [2.75, 3.05) is 6.54 Å². The van der Waals surface area contributed by atoms with Crippen LogP contribution in [0.2, 0.25) is 0 Å². The maximum absolute atomic E-state index is 13.7. The van der Waals surface area contributed by atoms with Crippen LogP contribution in [0.3, 0.4) is 0 Å². The van der Waals surface area contributed by atoms with Crippen LogP contribution >= 0.6 is 0 Å². The van der Waals surface area contributed by atoms with E-state index in [4.69, 9.17) is 0 Å². The van der Waals surface area contributed by atoms with Crippen LogP contribution in [0.15, 0.2) is 12.2 Å². The number of ketones is 2. The number of nitrogens with zero attached hydrogens (tertiary/aromatic N) is 1. The summed E-state index contributed by atoms with van der Waals surface area (Å²) in [5, 5.41) is 3.58.